The van der Waals surface area contributed by atoms with Gasteiger partial charge in [0.15, 0.2) is 11.5 Å². The Bertz CT molecular complexity index is 1240. The molecule has 0 saturated carbocycles. The van der Waals surface area contributed by atoms with Crippen LogP contribution in [0, 0.1) is 21.4 Å². The number of ether oxygens (including phenoxy) is 2. The van der Waals surface area contributed by atoms with E-state index in [1.807, 2.05) is 18.2 Å². The summed E-state index contributed by atoms with van der Waals surface area (Å²) in [7, 11) is 1.54. The number of nitro benzene ring substituents is 1. The Morgan fingerprint density at radius 3 is 2.55 bits per heavy atom. The molecule has 0 amide bonds. The number of rotatable bonds is 9. The zero-order chi connectivity index (χ0) is 23.8. The molecule has 166 valence electrons. The zero-order valence-corrected chi connectivity index (χ0v) is 18.7. The number of halogens is 1. The third-order valence-corrected chi connectivity index (χ3v) is 5.19. The fourth-order valence-electron chi connectivity index (χ4n) is 3.28. The van der Waals surface area contributed by atoms with Crippen molar-refractivity contribution in [3.63, 3.8) is 0 Å². The lowest BCUT2D eigenvalue weighted by molar-refractivity contribution is -0.384. The highest BCUT2D eigenvalue weighted by molar-refractivity contribution is 6.32. The second-order valence-corrected chi connectivity index (χ2v) is 7.47. The number of nitriles is 1. The number of hydrogen-bond donors (Lipinski definition) is 0. The van der Waals surface area contributed by atoms with Crippen molar-refractivity contribution >= 4 is 28.9 Å². The highest BCUT2D eigenvalue weighted by atomic mass is 35.5. The van der Waals surface area contributed by atoms with E-state index in [4.69, 9.17) is 21.1 Å². The molecule has 0 saturated heterocycles. The van der Waals surface area contributed by atoms with Crippen molar-refractivity contribution < 1.29 is 14.4 Å². The molecule has 0 aliphatic carbocycles. The molecule has 0 aliphatic rings. The second-order valence-electron chi connectivity index (χ2n) is 7.07. The van der Waals surface area contributed by atoms with E-state index >= 15 is 0 Å². The first-order valence-electron chi connectivity index (χ1n) is 10.0. The van der Waals surface area contributed by atoms with Gasteiger partial charge in [-0.25, -0.2) is 0 Å². The predicted molar refractivity (Wildman–Crippen MR) is 129 cm³/mol. The van der Waals surface area contributed by atoms with Crippen molar-refractivity contribution in [3.05, 3.63) is 111 Å². The highest BCUT2D eigenvalue weighted by Gasteiger charge is 2.14. The minimum Gasteiger partial charge on any atom is -0.493 e. The van der Waals surface area contributed by atoms with Crippen LogP contribution in [0.4, 0.5) is 5.69 Å². The Labute approximate surface area is 197 Å². The average molecular weight is 461 g/mol. The summed E-state index contributed by atoms with van der Waals surface area (Å²) in [5, 5.41) is 21.0. The summed E-state index contributed by atoms with van der Waals surface area (Å²) in [4.78, 5) is 10.4. The minimum atomic E-state index is -0.444. The quantitative estimate of drug-likeness (QED) is 0.118. The van der Waals surface area contributed by atoms with Crippen LogP contribution in [-0.4, -0.2) is 12.0 Å². The molecular weight excluding hydrogens is 440 g/mol. The molecule has 6 nitrogen and oxygen atoms in total. The van der Waals surface area contributed by atoms with Crippen LogP contribution < -0.4 is 9.47 Å². The largest absolute Gasteiger partial charge is 0.493 e. The van der Waals surface area contributed by atoms with E-state index in [-0.39, 0.29) is 12.3 Å². The van der Waals surface area contributed by atoms with Crippen molar-refractivity contribution in [2.24, 2.45) is 0 Å². The molecule has 0 spiro atoms. The molecule has 0 atom stereocenters. The van der Waals surface area contributed by atoms with Gasteiger partial charge in [0, 0.05) is 28.3 Å². The topological polar surface area (TPSA) is 85.4 Å². The van der Waals surface area contributed by atoms with E-state index in [1.165, 1.54) is 12.1 Å². The van der Waals surface area contributed by atoms with Crippen molar-refractivity contribution in [2.75, 3.05) is 7.11 Å². The van der Waals surface area contributed by atoms with E-state index < -0.39 is 4.92 Å². The van der Waals surface area contributed by atoms with Crippen LogP contribution in [0.15, 0.2) is 73.3 Å². The molecule has 0 bridgehead atoms. The van der Waals surface area contributed by atoms with Gasteiger partial charge in [-0.2, -0.15) is 5.26 Å². The monoisotopic (exact) mass is 460 g/mol. The Morgan fingerprint density at radius 1 is 1.21 bits per heavy atom. The smallest absolute Gasteiger partial charge is 0.269 e. The SMILES string of the molecule is C=CCc1cc(C=C(C#N)c2ccccc2Cl)cc(OC)c1OCc1ccc([N+](=O)[O-])cc1. The van der Waals surface area contributed by atoms with Gasteiger partial charge in [0.25, 0.3) is 5.69 Å². The van der Waals surface area contributed by atoms with Gasteiger partial charge in [-0.15, -0.1) is 6.58 Å². The van der Waals surface area contributed by atoms with Crippen LogP contribution >= 0.6 is 11.6 Å². The van der Waals surface area contributed by atoms with Gasteiger partial charge >= 0.3 is 0 Å². The number of nitro groups is 1. The van der Waals surface area contributed by atoms with Crippen molar-refractivity contribution in [2.45, 2.75) is 13.0 Å². The molecule has 0 aromatic heterocycles. The summed E-state index contributed by atoms with van der Waals surface area (Å²) in [6.07, 6.45) is 4.01. The van der Waals surface area contributed by atoms with E-state index in [0.29, 0.717) is 34.1 Å². The van der Waals surface area contributed by atoms with E-state index in [0.717, 1.165) is 16.7 Å². The van der Waals surface area contributed by atoms with Crippen LogP contribution in [-0.2, 0) is 13.0 Å². The van der Waals surface area contributed by atoms with Gasteiger partial charge in [0.05, 0.1) is 23.7 Å². The first-order chi connectivity index (χ1) is 16.0. The standard InChI is InChI=1S/C26H21ClN2O4/c1-3-6-20-13-19(14-21(16-28)23-7-4-5-8-24(23)27)15-25(32-2)26(20)33-17-18-9-11-22(12-10-18)29(30)31/h3-5,7-15H,1,6,17H2,2H3. The molecule has 0 N–H and O–H groups in total. The molecule has 0 heterocycles. The van der Waals surface area contributed by atoms with Gasteiger partial charge in [0.2, 0.25) is 0 Å². The van der Waals surface area contributed by atoms with Gasteiger partial charge < -0.3 is 9.47 Å². The molecule has 3 aromatic rings. The Hall–Kier alpha value is -4.08. The molecule has 0 aliphatic heterocycles. The van der Waals surface area contributed by atoms with Gasteiger partial charge in [-0.3, -0.25) is 10.1 Å². The van der Waals surface area contributed by atoms with E-state index in [2.05, 4.69) is 12.6 Å². The Balaban J connectivity index is 1.95. The van der Waals surface area contributed by atoms with Crippen LogP contribution in [0.3, 0.4) is 0 Å². The molecular formula is C26H21ClN2O4. The van der Waals surface area contributed by atoms with E-state index in [1.54, 1.807) is 49.6 Å². The number of non-ortho nitro benzene ring substituents is 1. The minimum absolute atomic E-state index is 0.0200. The van der Waals surface area contributed by atoms with Crippen molar-refractivity contribution in [3.8, 4) is 17.6 Å². The van der Waals surface area contributed by atoms with Gasteiger partial charge in [-0.05, 0) is 54.0 Å². The van der Waals surface area contributed by atoms with Crippen LogP contribution in [0.2, 0.25) is 5.02 Å². The summed E-state index contributed by atoms with van der Waals surface area (Å²) in [6.45, 7) is 4.02. The second kappa shape index (κ2) is 11.0. The van der Waals surface area contributed by atoms with Gasteiger partial charge in [0.1, 0.15) is 6.61 Å². The molecule has 0 fully saturated rings. The molecule has 0 radical (unpaired) electrons. The summed E-state index contributed by atoms with van der Waals surface area (Å²) in [6, 6.07) is 19.2. The van der Waals surface area contributed by atoms with Crippen molar-refractivity contribution in [1.29, 1.82) is 5.26 Å². The molecule has 3 rings (SSSR count). The first kappa shape index (κ1) is 23.6. The number of nitrogens with zero attached hydrogens (tertiary/aromatic N) is 2. The third-order valence-electron chi connectivity index (χ3n) is 4.86. The molecule has 3 aromatic carbocycles. The Kier molecular flexibility index (Phi) is 7.85. The number of benzene rings is 3. The van der Waals surface area contributed by atoms with Crippen LogP contribution in [0.25, 0.3) is 11.6 Å². The maximum atomic E-state index is 10.8. The fourth-order valence-corrected chi connectivity index (χ4v) is 3.51. The predicted octanol–water partition coefficient (Wildman–Crippen LogP) is 6.63. The van der Waals surface area contributed by atoms with Crippen LogP contribution in [0.5, 0.6) is 11.5 Å². The van der Waals surface area contributed by atoms with Crippen molar-refractivity contribution in [1.82, 2.24) is 0 Å². The highest BCUT2D eigenvalue weighted by Crippen LogP contribution is 2.36. The normalized spacial score (nSPS) is 10.9. The average Bonchev–Trinajstić information content (AvgIpc) is 2.82. The lowest BCUT2D eigenvalue weighted by Gasteiger charge is -2.16. The third kappa shape index (κ3) is 5.79. The van der Waals surface area contributed by atoms with E-state index in [9.17, 15) is 15.4 Å². The summed E-state index contributed by atoms with van der Waals surface area (Å²) in [5.41, 5.74) is 3.45. The zero-order valence-electron chi connectivity index (χ0n) is 18.0. The molecule has 7 heteroatoms. The van der Waals surface area contributed by atoms with Gasteiger partial charge in [-0.1, -0.05) is 35.9 Å². The summed E-state index contributed by atoms with van der Waals surface area (Å²) < 4.78 is 11.6. The molecule has 0 unspecified atom stereocenters. The summed E-state index contributed by atoms with van der Waals surface area (Å²) in [5.74, 6) is 1.04. The maximum Gasteiger partial charge on any atom is 0.269 e. The number of methoxy groups -OCH3 is 1. The molecule has 33 heavy (non-hydrogen) atoms. The van der Waals surface area contributed by atoms with Crippen LogP contribution in [0.1, 0.15) is 22.3 Å². The number of allylic oxidation sites excluding steroid dienone is 2. The first-order valence-corrected chi connectivity index (χ1v) is 10.4. The Morgan fingerprint density at radius 2 is 1.94 bits per heavy atom. The fraction of sp³-hybridized carbons (Fsp3) is 0.115. The number of hydrogen-bond acceptors (Lipinski definition) is 5. The lowest BCUT2D eigenvalue weighted by atomic mass is 10.0. The lowest BCUT2D eigenvalue weighted by Crippen LogP contribution is -2.02. The maximum absolute atomic E-state index is 10.8. The summed E-state index contributed by atoms with van der Waals surface area (Å²) >= 11 is 6.27.